The van der Waals surface area contributed by atoms with Crippen molar-refractivity contribution in [3.63, 3.8) is 0 Å². The number of phenolic OH excluding ortho intramolecular Hbond substituents is 1. The van der Waals surface area contributed by atoms with E-state index in [9.17, 15) is 9.90 Å². The third-order valence-corrected chi connectivity index (χ3v) is 3.16. The maximum atomic E-state index is 12.4. The molecule has 0 saturated carbocycles. The fraction of sp³-hybridized carbons (Fsp3) is 0.0625. The van der Waals surface area contributed by atoms with Crippen molar-refractivity contribution in [2.45, 2.75) is 0 Å². The van der Waals surface area contributed by atoms with Crippen molar-refractivity contribution >= 4 is 11.0 Å². The van der Waals surface area contributed by atoms with Gasteiger partial charge in [-0.15, -0.1) is 0 Å². The van der Waals surface area contributed by atoms with Crippen LogP contribution < -0.4 is 61.6 Å². The Morgan fingerprint density at radius 3 is 2.52 bits per heavy atom. The van der Waals surface area contributed by atoms with Crippen molar-refractivity contribution in [2.75, 3.05) is 7.11 Å². The number of methoxy groups -OCH3 is 1. The van der Waals surface area contributed by atoms with Crippen LogP contribution in [0.15, 0.2) is 57.9 Å². The van der Waals surface area contributed by atoms with E-state index in [0.29, 0.717) is 16.5 Å². The minimum Gasteiger partial charge on any atom is -1.00 e. The molecule has 0 aliphatic carbocycles. The molecule has 102 valence electrons. The molecule has 0 fully saturated rings. The summed E-state index contributed by atoms with van der Waals surface area (Å²) in [5.41, 5.74) is 1.48. The van der Waals surface area contributed by atoms with Crippen LogP contribution in [0.1, 0.15) is 1.43 Å². The molecule has 0 aliphatic heterocycles. The summed E-state index contributed by atoms with van der Waals surface area (Å²) in [5.74, 6) is 0.793. The molecule has 0 saturated heterocycles. The van der Waals surface area contributed by atoms with E-state index in [1.165, 1.54) is 18.4 Å². The molecule has 1 aromatic heterocycles. The van der Waals surface area contributed by atoms with Crippen LogP contribution in [-0.2, 0) is 0 Å². The first-order valence-corrected chi connectivity index (χ1v) is 6.08. The molecule has 21 heavy (non-hydrogen) atoms. The quantitative estimate of drug-likeness (QED) is 0.691. The van der Waals surface area contributed by atoms with E-state index >= 15 is 0 Å². The van der Waals surface area contributed by atoms with Crippen molar-refractivity contribution in [1.29, 1.82) is 0 Å². The molecular formula is C16H13KO4. The van der Waals surface area contributed by atoms with Gasteiger partial charge < -0.3 is 15.7 Å². The first kappa shape index (κ1) is 16.3. The molecule has 3 rings (SSSR count). The standard InChI is InChI=1S/C16H12O4.K.H/c1-19-12-5-2-10(3-6-12)14-9-20-15-8-11(17)4-7-13(15)16(14)18;;/h2-9,17H,1H3;;/q;+1;-1. The van der Waals surface area contributed by atoms with Crippen molar-refractivity contribution in [3.05, 3.63) is 59.0 Å². The second kappa shape index (κ2) is 6.76. The van der Waals surface area contributed by atoms with Crippen LogP contribution >= 0.6 is 0 Å². The molecule has 4 nitrogen and oxygen atoms in total. The monoisotopic (exact) mass is 308 g/mol. The van der Waals surface area contributed by atoms with Crippen molar-refractivity contribution in [1.82, 2.24) is 0 Å². The summed E-state index contributed by atoms with van der Waals surface area (Å²) in [7, 11) is 1.59. The summed E-state index contributed by atoms with van der Waals surface area (Å²) in [6, 6.07) is 11.6. The Hall–Kier alpha value is -1.11. The second-order valence-electron chi connectivity index (χ2n) is 4.39. The average molecular weight is 308 g/mol. The molecular weight excluding hydrogens is 295 g/mol. The molecule has 0 aliphatic rings. The molecule has 0 atom stereocenters. The van der Waals surface area contributed by atoms with E-state index in [2.05, 4.69) is 0 Å². The van der Waals surface area contributed by atoms with Gasteiger partial charge in [-0.2, -0.15) is 0 Å². The van der Waals surface area contributed by atoms with E-state index in [1.807, 2.05) is 0 Å². The van der Waals surface area contributed by atoms with Gasteiger partial charge in [-0.3, -0.25) is 4.79 Å². The maximum absolute atomic E-state index is 12.4. The van der Waals surface area contributed by atoms with Crippen molar-refractivity contribution < 1.29 is 67.1 Å². The van der Waals surface area contributed by atoms with Crippen LogP contribution in [-0.4, -0.2) is 12.2 Å². The van der Waals surface area contributed by atoms with Crippen LogP contribution in [0, 0.1) is 0 Å². The summed E-state index contributed by atoms with van der Waals surface area (Å²) in [6.45, 7) is 0. The second-order valence-corrected chi connectivity index (χ2v) is 4.39. The smallest absolute Gasteiger partial charge is 1.00 e. The normalized spacial score (nSPS) is 10.1. The van der Waals surface area contributed by atoms with Crippen LogP contribution in [0.25, 0.3) is 22.1 Å². The number of fused-ring (bicyclic) bond motifs is 1. The van der Waals surface area contributed by atoms with Gasteiger partial charge in [-0.25, -0.2) is 0 Å². The third-order valence-electron chi connectivity index (χ3n) is 3.16. The number of phenols is 1. The van der Waals surface area contributed by atoms with Gasteiger partial charge in [0, 0.05) is 6.07 Å². The molecule has 0 spiro atoms. The Labute approximate surface area is 165 Å². The third kappa shape index (κ3) is 3.22. The zero-order valence-electron chi connectivity index (χ0n) is 12.8. The Morgan fingerprint density at radius 1 is 1.14 bits per heavy atom. The predicted molar refractivity (Wildman–Crippen MR) is 77.2 cm³/mol. The molecule has 2 aromatic carbocycles. The fourth-order valence-corrected chi connectivity index (χ4v) is 2.09. The van der Waals surface area contributed by atoms with E-state index in [0.717, 1.165) is 11.3 Å². The van der Waals surface area contributed by atoms with Crippen molar-refractivity contribution in [2.24, 2.45) is 0 Å². The first-order valence-electron chi connectivity index (χ1n) is 6.08. The van der Waals surface area contributed by atoms with Gasteiger partial charge in [-0.05, 0) is 29.8 Å². The van der Waals surface area contributed by atoms with Gasteiger partial charge in [0.25, 0.3) is 0 Å². The summed E-state index contributed by atoms with van der Waals surface area (Å²) < 4.78 is 10.5. The molecule has 0 unspecified atom stereocenters. The molecule has 3 aromatic rings. The Kier molecular flexibility index (Phi) is 5.24. The van der Waals surface area contributed by atoms with Gasteiger partial charge in [0.2, 0.25) is 0 Å². The Balaban J connectivity index is 0.00000121. The maximum Gasteiger partial charge on any atom is 1.00 e. The molecule has 0 amide bonds. The molecule has 5 heteroatoms. The van der Waals surface area contributed by atoms with Crippen LogP contribution in [0.3, 0.4) is 0 Å². The summed E-state index contributed by atoms with van der Waals surface area (Å²) in [4.78, 5) is 12.4. The van der Waals surface area contributed by atoms with Gasteiger partial charge in [0.15, 0.2) is 5.43 Å². The van der Waals surface area contributed by atoms with Crippen molar-refractivity contribution in [3.8, 4) is 22.6 Å². The van der Waals surface area contributed by atoms with Gasteiger partial charge in [0.05, 0.1) is 18.1 Å². The molecule has 1 heterocycles. The molecule has 1 N–H and O–H groups in total. The zero-order valence-corrected chi connectivity index (χ0v) is 14.9. The molecule has 0 bridgehead atoms. The number of ether oxygens (including phenoxy) is 1. The SMILES string of the molecule is COc1ccc(-c2coc3cc(O)ccc3c2=O)cc1.[H-].[K+]. The number of aromatic hydroxyl groups is 1. The minimum atomic E-state index is -0.128. The largest absolute Gasteiger partial charge is 1.00 e. The van der Waals surface area contributed by atoms with Crippen LogP contribution in [0.5, 0.6) is 11.5 Å². The number of hydrogen-bond acceptors (Lipinski definition) is 4. The summed E-state index contributed by atoms with van der Waals surface area (Å²) in [6.07, 6.45) is 1.41. The van der Waals surface area contributed by atoms with E-state index in [1.54, 1.807) is 37.4 Å². The van der Waals surface area contributed by atoms with Gasteiger partial charge >= 0.3 is 51.4 Å². The fourth-order valence-electron chi connectivity index (χ4n) is 2.09. The van der Waals surface area contributed by atoms with Gasteiger partial charge in [0.1, 0.15) is 23.3 Å². The summed E-state index contributed by atoms with van der Waals surface area (Å²) >= 11 is 0. The summed E-state index contributed by atoms with van der Waals surface area (Å²) in [5, 5.41) is 9.83. The topological polar surface area (TPSA) is 59.7 Å². The van der Waals surface area contributed by atoms with E-state index in [4.69, 9.17) is 9.15 Å². The average Bonchev–Trinajstić information content (AvgIpc) is 2.48. The van der Waals surface area contributed by atoms with E-state index < -0.39 is 0 Å². The predicted octanol–water partition coefficient (Wildman–Crippen LogP) is 0.291. The number of hydrogen-bond donors (Lipinski definition) is 1. The first-order chi connectivity index (χ1) is 9.69. The Morgan fingerprint density at radius 2 is 1.86 bits per heavy atom. The molecule has 0 radical (unpaired) electrons. The van der Waals surface area contributed by atoms with Crippen LogP contribution in [0.2, 0.25) is 0 Å². The zero-order chi connectivity index (χ0) is 14.1. The minimum absolute atomic E-state index is 0. The van der Waals surface area contributed by atoms with Crippen LogP contribution in [0.4, 0.5) is 0 Å². The van der Waals surface area contributed by atoms with Gasteiger partial charge in [-0.1, -0.05) is 12.1 Å². The number of rotatable bonds is 2. The number of benzene rings is 2. The Bertz CT molecular complexity index is 828. The van der Waals surface area contributed by atoms with E-state index in [-0.39, 0.29) is 64.0 Å².